The van der Waals surface area contributed by atoms with Gasteiger partial charge < -0.3 is 10.3 Å². The van der Waals surface area contributed by atoms with E-state index in [0.717, 1.165) is 5.69 Å². The summed E-state index contributed by atoms with van der Waals surface area (Å²) in [6, 6.07) is 0. The van der Waals surface area contributed by atoms with E-state index in [2.05, 4.69) is 15.3 Å². The fourth-order valence-corrected chi connectivity index (χ4v) is 1.40. The van der Waals surface area contributed by atoms with E-state index >= 15 is 0 Å². The van der Waals surface area contributed by atoms with E-state index < -0.39 is 11.7 Å². The van der Waals surface area contributed by atoms with E-state index in [4.69, 9.17) is 0 Å². The number of allylic oxidation sites excluding steroid dienone is 4. The van der Waals surface area contributed by atoms with Crippen LogP contribution in [0.25, 0.3) is 0 Å². The summed E-state index contributed by atoms with van der Waals surface area (Å²) >= 11 is 0. The van der Waals surface area contributed by atoms with Gasteiger partial charge >= 0.3 is 0 Å². The number of nitrogens with one attached hydrogen (secondary N) is 2. The Labute approximate surface area is 85.9 Å². The van der Waals surface area contributed by atoms with Crippen LogP contribution in [0.1, 0.15) is 18.5 Å². The van der Waals surface area contributed by atoms with Gasteiger partial charge in [-0.15, -0.1) is 0 Å². The first-order chi connectivity index (χ1) is 7.25. The molecule has 2 N–H and O–H groups in total. The Hall–Kier alpha value is -1.65. The molecule has 0 unspecified atom stereocenters. The molecule has 0 fully saturated rings. The first kappa shape index (κ1) is 9.89. The van der Waals surface area contributed by atoms with Gasteiger partial charge in [0.25, 0.3) is 0 Å². The molecule has 0 aliphatic heterocycles. The third-order valence-corrected chi connectivity index (χ3v) is 2.23. The molecule has 80 valence electrons. The van der Waals surface area contributed by atoms with Crippen LogP contribution in [0.3, 0.4) is 0 Å². The molecule has 5 heteroatoms. The van der Waals surface area contributed by atoms with Crippen molar-refractivity contribution in [2.75, 3.05) is 0 Å². The summed E-state index contributed by atoms with van der Waals surface area (Å²) in [5.74, 6) is -1.43. The second kappa shape index (κ2) is 4.25. The zero-order valence-electron chi connectivity index (χ0n) is 8.06. The largest absolute Gasteiger partial charge is 0.383 e. The van der Waals surface area contributed by atoms with Gasteiger partial charge in [-0.2, -0.15) is 0 Å². The zero-order valence-corrected chi connectivity index (χ0v) is 8.06. The van der Waals surface area contributed by atoms with Crippen molar-refractivity contribution >= 4 is 0 Å². The maximum absolute atomic E-state index is 12.9. The summed E-state index contributed by atoms with van der Waals surface area (Å²) in [5, 5.41) is 3.02. The number of halogens is 2. The molecule has 0 bridgehead atoms. The number of nitrogens with zero attached hydrogens (tertiary/aromatic N) is 1. The fraction of sp³-hybridized carbons (Fsp3) is 0.300. The van der Waals surface area contributed by atoms with Crippen molar-refractivity contribution in [2.45, 2.75) is 19.4 Å². The Morgan fingerprint density at radius 2 is 2.27 bits per heavy atom. The van der Waals surface area contributed by atoms with Crippen LogP contribution in [0.15, 0.2) is 36.0 Å². The first-order valence-electron chi connectivity index (χ1n) is 4.71. The van der Waals surface area contributed by atoms with Crippen LogP contribution in [0.4, 0.5) is 8.78 Å². The van der Waals surface area contributed by atoms with E-state index in [1.54, 1.807) is 12.5 Å². The van der Waals surface area contributed by atoms with Crippen molar-refractivity contribution in [1.82, 2.24) is 15.3 Å². The van der Waals surface area contributed by atoms with Crippen molar-refractivity contribution in [3.8, 4) is 0 Å². The third-order valence-electron chi connectivity index (χ3n) is 2.23. The predicted octanol–water partition coefficient (Wildman–Crippen LogP) is 2.33. The average molecular weight is 211 g/mol. The van der Waals surface area contributed by atoms with Crippen LogP contribution in [-0.2, 0) is 6.54 Å². The van der Waals surface area contributed by atoms with Crippen LogP contribution in [0.2, 0.25) is 0 Å². The van der Waals surface area contributed by atoms with Crippen LogP contribution in [0, 0.1) is 0 Å². The highest BCUT2D eigenvalue weighted by Gasteiger charge is 2.12. The molecule has 1 heterocycles. The molecule has 15 heavy (non-hydrogen) atoms. The lowest BCUT2D eigenvalue weighted by Crippen LogP contribution is -2.15. The van der Waals surface area contributed by atoms with Crippen LogP contribution in [-0.4, -0.2) is 9.97 Å². The van der Waals surface area contributed by atoms with Crippen molar-refractivity contribution in [2.24, 2.45) is 0 Å². The van der Waals surface area contributed by atoms with Gasteiger partial charge in [0.15, 0.2) is 5.83 Å². The second-order valence-corrected chi connectivity index (χ2v) is 3.35. The Morgan fingerprint density at radius 3 is 2.93 bits per heavy atom. The molecule has 1 aromatic heterocycles. The van der Waals surface area contributed by atoms with Gasteiger partial charge in [-0.25, -0.2) is 13.8 Å². The van der Waals surface area contributed by atoms with E-state index in [-0.39, 0.29) is 6.42 Å². The number of hydrogen-bond acceptors (Lipinski definition) is 2. The molecule has 0 saturated carbocycles. The Morgan fingerprint density at radius 1 is 1.40 bits per heavy atom. The van der Waals surface area contributed by atoms with Gasteiger partial charge in [-0.05, 0) is 12.5 Å². The van der Waals surface area contributed by atoms with Gasteiger partial charge in [0, 0.05) is 18.3 Å². The summed E-state index contributed by atoms with van der Waals surface area (Å²) in [6.45, 7) is 0.542. The van der Waals surface area contributed by atoms with Crippen LogP contribution < -0.4 is 5.32 Å². The Kier molecular flexibility index (Phi) is 2.80. The van der Waals surface area contributed by atoms with E-state index in [0.29, 0.717) is 18.7 Å². The average Bonchev–Trinajstić information content (AvgIpc) is 2.73. The lowest BCUT2D eigenvalue weighted by molar-refractivity contribution is 0.502. The smallest absolute Gasteiger partial charge is 0.156 e. The summed E-state index contributed by atoms with van der Waals surface area (Å²) in [5.41, 5.74) is 1.62. The van der Waals surface area contributed by atoms with Gasteiger partial charge in [-0.3, -0.25) is 0 Å². The molecule has 0 saturated heterocycles. The molecule has 0 radical (unpaired) electrons. The molecule has 1 aromatic rings. The topological polar surface area (TPSA) is 40.7 Å². The summed E-state index contributed by atoms with van der Waals surface area (Å²) < 4.78 is 25.5. The third kappa shape index (κ3) is 2.43. The SMILES string of the molecule is FC1=C(F)CCC(NCc2cnc[nH]2)=C1. The molecule has 0 spiro atoms. The zero-order chi connectivity index (χ0) is 10.7. The highest BCUT2D eigenvalue weighted by atomic mass is 19.2. The lowest BCUT2D eigenvalue weighted by atomic mass is 10.1. The number of imidazole rings is 1. The van der Waals surface area contributed by atoms with Crippen LogP contribution in [0.5, 0.6) is 0 Å². The summed E-state index contributed by atoms with van der Waals surface area (Å²) in [4.78, 5) is 6.77. The molecule has 1 aliphatic rings. The maximum atomic E-state index is 12.9. The summed E-state index contributed by atoms with van der Waals surface area (Å²) in [6.07, 6.45) is 5.10. The van der Waals surface area contributed by atoms with Gasteiger partial charge in [0.1, 0.15) is 5.83 Å². The quantitative estimate of drug-likeness (QED) is 0.805. The number of H-pyrrole nitrogens is 1. The lowest BCUT2D eigenvalue weighted by Gasteiger charge is -2.13. The molecule has 1 aliphatic carbocycles. The minimum absolute atomic E-state index is 0.133. The van der Waals surface area contributed by atoms with Crippen molar-refractivity contribution in [3.63, 3.8) is 0 Å². The summed E-state index contributed by atoms with van der Waals surface area (Å²) in [7, 11) is 0. The number of rotatable bonds is 3. The van der Waals surface area contributed by atoms with Crippen molar-refractivity contribution < 1.29 is 8.78 Å². The van der Waals surface area contributed by atoms with Crippen molar-refractivity contribution in [1.29, 1.82) is 0 Å². The monoisotopic (exact) mass is 211 g/mol. The molecule has 0 amide bonds. The molecule has 3 nitrogen and oxygen atoms in total. The molecular weight excluding hydrogens is 200 g/mol. The Bertz CT molecular complexity index is 393. The molecule has 0 atom stereocenters. The van der Waals surface area contributed by atoms with E-state index in [1.165, 1.54) is 6.08 Å². The van der Waals surface area contributed by atoms with E-state index in [9.17, 15) is 8.78 Å². The standard InChI is InChI=1S/C10H11F2N3/c11-9-2-1-7(3-10(9)12)14-5-8-4-13-6-15-8/h3-4,6,14H,1-2,5H2,(H,13,15). The molecule has 0 aromatic carbocycles. The van der Waals surface area contributed by atoms with Crippen molar-refractivity contribution in [3.05, 3.63) is 41.6 Å². The van der Waals surface area contributed by atoms with Crippen LogP contribution >= 0.6 is 0 Å². The second-order valence-electron chi connectivity index (χ2n) is 3.35. The van der Waals surface area contributed by atoms with Gasteiger partial charge in [-0.1, -0.05) is 0 Å². The highest BCUT2D eigenvalue weighted by molar-refractivity contribution is 5.25. The fourth-order valence-electron chi connectivity index (χ4n) is 1.40. The Balaban J connectivity index is 1.94. The molecular formula is C10H11F2N3. The predicted molar refractivity (Wildman–Crippen MR) is 52.0 cm³/mol. The number of hydrogen-bond donors (Lipinski definition) is 2. The first-order valence-corrected chi connectivity index (χ1v) is 4.71. The molecule has 2 rings (SSSR count). The minimum atomic E-state index is -0.770. The maximum Gasteiger partial charge on any atom is 0.156 e. The van der Waals surface area contributed by atoms with E-state index in [1.807, 2.05) is 0 Å². The van der Waals surface area contributed by atoms with Gasteiger partial charge in [0.2, 0.25) is 0 Å². The highest BCUT2D eigenvalue weighted by Crippen LogP contribution is 2.24. The number of aromatic amines is 1. The number of aromatic nitrogens is 2. The van der Waals surface area contributed by atoms with Gasteiger partial charge in [0.05, 0.1) is 18.6 Å². The minimum Gasteiger partial charge on any atom is -0.383 e. The normalized spacial score (nSPS) is 16.5.